The summed E-state index contributed by atoms with van der Waals surface area (Å²) in [6, 6.07) is 14.0. The number of benzene rings is 2. The molecule has 0 spiro atoms. The van der Waals surface area contributed by atoms with Gasteiger partial charge in [0.25, 0.3) is 0 Å². The lowest BCUT2D eigenvalue weighted by molar-refractivity contribution is -0.459. The summed E-state index contributed by atoms with van der Waals surface area (Å²) >= 11 is 0. The minimum atomic E-state index is -2.24. The Morgan fingerprint density at radius 3 is 2.00 bits per heavy atom. The largest absolute Gasteiger partial charge is 0.394 e. The first-order valence-electron chi connectivity index (χ1n) is 9.41. The molecular formula is C22H26O6. The lowest BCUT2D eigenvalue weighted by Crippen LogP contribution is -2.99. The van der Waals surface area contributed by atoms with Crippen molar-refractivity contribution in [1.82, 2.24) is 0 Å². The van der Waals surface area contributed by atoms with Crippen LogP contribution in [0.4, 0.5) is 0 Å². The first kappa shape index (κ1) is 19.5. The summed E-state index contributed by atoms with van der Waals surface area (Å²) in [5.74, 6) is -2.17. The van der Waals surface area contributed by atoms with Gasteiger partial charge in [-0.05, 0) is 25.0 Å². The van der Waals surface area contributed by atoms with Crippen molar-refractivity contribution in [2.75, 3.05) is 6.61 Å². The van der Waals surface area contributed by atoms with Crippen LogP contribution >= 0.6 is 0 Å². The number of aryl methyl sites for hydroxylation is 2. The van der Waals surface area contributed by atoms with Crippen molar-refractivity contribution in [1.29, 1.82) is 0 Å². The van der Waals surface area contributed by atoms with Crippen molar-refractivity contribution in [2.45, 2.75) is 54.7 Å². The van der Waals surface area contributed by atoms with Crippen LogP contribution in [0.5, 0.6) is 0 Å². The van der Waals surface area contributed by atoms with Gasteiger partial charge in [0, 0.05) is 5.92 Å². The zero-order valence-corrected chi connectivity index (χ0v) is 15.8. The third-order valence-corrected chi connectivity index (χ3v) is 6.78. The third kappa shape index (κ3) is 2.03. The van der Waals surface area contributed by atoms with E-state index in [2.05, 4.69) is 0 Å². The molecule has 2 aliphatic rings. The Kier molecular flexibility index (Phi) is 4.25. The van der Waals surface area contributed by atoms with E-state index in [0.29, 0.717) is 11.1 Å². The topological polar surface area (TPSA) is 121 Å². The number of rotatable bonds is 4. The molecule has 2 aromatic rings. The first-order chi connectivity index (χ1) is 13.1. The first-order valence-corrected chi connectivity index (χ1v) is 9.41. The van der Waals surface area contributed by atoms with Gasteiger partial charge in [-0.25, -0.2) is 0 Å². The highest BCUT2D eigenvalue weighted by molar-refractivity contribution is 5.56. The highest BCUT2D eigenvalue weighted by Gasteiger charge is 2.93. The van der Waals surface area contributed by atoms with E-state index in [1.54, 1.807) is 36.4 Å². The van der Waals surface area contributed by atoms with Crippen molar-refractivity contribution < 1.29 is 30.6 Å². The molecule has 2 saturated carbocycles. The third-order valence-electron chi connectivity index (χ3n) is 6.78. The summed E-state index contributed by atoms with van der Waals surface area (Å²) < 4.78 is 0. The van der Waals surface area contributed by atoms with Crippen LogP contribution in [0.1, 0.15) is 34.1 Å². The van der Waals surface area contributed by atoms with Crippen molar-refractivity contribution in [2.24, 2.45) is 0 Å². The summed E-state index contributed by atoms with van der Waals surface area (Å²) in [5, 5.41) is 65.3. The fourth-order valence-corrected chi connectivity index (χ4v) is 5.53. The van der Waals surface area contributed by atoms with E-state index in [9.17, 15) is 30.6 Å². The molecule has 0 amide bonds. The Balaban J connectivity index is 1.87. The molecule has 0 aromatic heterocycles. The second-order valence-corrected chi connectivity index (χ2v) is 8.30. The number of hydrogen-bond acceptors (Lipinski definition) is 6. The van der Waals surface area contributed by atoms with E-state index in [4.69, 9.17) is 0 Å². The van der Waals surface area contributed by atoms with Crippen LogP contribution < -0.4 is 0 Å². The van der Waals surface area contributed by atoms with Crippen molar-refractivity contribution >= 4 is 0 Å². The van der Waals surface area contributed by atoms with Crippen LogP contribution in [0.25, 0.3) is 0 Å². The molecule has 2 aliphatic carbocycles. The molecule has 0 radical (unpaired) electrons. The molecule has 0 heterocycles. The van der Waals surface area contributed by atoms with Crippen molar-refractivity contribution in [3.05, 3.63) is 70.8 Å². The smallest absolute Gasteiger partial charge is 0.138 e. The van der Waals surface area contributed by atoms with E-state index in [1.165, 1.54) is 0 Å². The summed E-state index contributed by atoms with van der Waals surface area (Å²) in [5.41, 5.74) is -3.73. The van der Waals surface area contributed by atoms with Gasteiger partial charge in [-0.1, -0.05) is 59.7 Å². The normalized spacial score (nSPS) is 40.2. The van der Waals surface area contributed by atoms with Gasteiger partial charge in [-0.2, -0.15) is 0 Å². The fraction of sp³-hybridized carbons (Fsp3) is 0.455. The molecule has 6 heteroatoms. The molecule has 4 rings (SSSR count). The molecule has 150 valence electrons. The molecule has 0 aliphatic heterocycles. The van der Waals surface area contributed by atoms with Gasteiger partial charge in [0.15, 0.2) is 0 Å². The maximum atomic E-state index is 11.5. The van der Waals surface area contributed by atoms with Crippen LogP contribution in [-0.2, 0) is 0 Å². The van der Waals surface area contributed by atoms with E-state index in [0.717, 1.165) is 11.1 Å². The standard InChI is InChI=1S/C22H26O6/c1-12-5-3-7-14(9-12)17-19(25)21(27)18(15-8-4-6-13(2)10-15)20(26,16(24)11-23)22(17,21)28/h3-10,16-19,23-28H,11H2,1-2H3/t16-,17?,18?,19?,20+,21+,22+/m1/s1. The fourth-order valence-electron chi connectivity index (χ4n) is 5.53. The molecule has 0 saturated heterocycles. The van der Waals surface area contributed by atoms with Gasteiger partial charge < -0.3 is 30.6 Å². The Morgan fingerprint density at radius 2 is 1.46 bits per heavy atom. The maximum absolute atomic E-state index is 11.5. The molecule has 0 bridgehead atoms. The number of hydrogen-bond donors (Lipinski definition) is 6. The van der Waals surface area contributed by atoms with Gasteiger partial charge in [0.1, 0.15) is 22.9 Å². The molecule has 6 nitrogen and oxygen atoms in total. The summed E-state index contributed by atoms with van der Waals surface area (Å²) in [4.78, 5) is 0. The molecule has 6 N–H and O–H groups in total. The van der Waals surface area contributed by atoms with Crippen LogP contribution in [-0.4, -0.2) is 66.3 Å². The number of aliphatic hydroxyl groups excluding tert-OH is 3. The zero-order chi connectivity index (χ0) is 20.5. The Labute approximate surface area is 163 Å². The lowest BCUT2D eigenvalue weighted by Gasteiger charge is -2.80. The predicted molar refractivity (Wildman–Crippen MR) is 102 cm³/mol. The Morgan fingerprint density at radius 1 is 0.929 bits per heavy atom. The van der Waals surface area contributed by atoms with Gasteiger partial charge in [-0.3, -0.25) is 0 Å². The van der Waals surface area contributed by atoms with Gasteiger partial charge in [0.2, 0.25) is 0 Å². The average Bonchev–Trinajstić information content (AvgIpc) is 2.67. The summed E-state index contributed by atoms with van der Waals surface area (Å²) in [6.07, 6.45) is -3.06. The highest BCUT2D eigenvalue weighted by atomic mass is 16.5. The van der Waals surface area contributed by atoms with Gasteiger partial charge in [-0.15, -0.1) is 0 Å². The second-order valence-electron chi connectivity index (χ2n) is 8.30. The molecule has 2 aromatic carbocycles. The zero-order valence-electron chi connectivity index (χ0n) is 15.8. The Hall–Kier alpha value is -1.80. The van der Waals surface area contributed by atoms with Gasteiger partial charge in [0.05, 0.1) is 18.6 Å². The van der Waals surface area contributed by atoms with Crippen molar-refractivity contribution in [3.8, 4) is 0 Å². The molecule has 28 heavy (non-hydrogen) atoms. The quantitative estimate of drug-likeness (QED) is 0.444. The van der Waals surface area contributed by atoms with E-state index in [1.807, 2.05) is 26.0 Å². The van der Waals surface area contributed by atoms with Crippen LogP contribution in [0.15, 0.2) is 48.5 Å². The van der Waals surface area contributed by atoms with Crippen LogP contribution in [0, 0.1) is 13.8 Å². The molecule has 3 unspecified atom stereocenters. The van der Waals surface area contributed by atoms with Crippen LogP contribution in [0.2, 0.25) is 0 Å². The second kappa shape index (κ2) is 6.10. The van der Waals surface area contributed by atoms with E-state index >= 15 is 0 Å². The minimum absolute atomic E-state index is 0.476. The predicted octanol–water partition coefficient (Wildman–Crippen LogP) is 0.105. The average molecular weight is 386 g/mol. The van der Waals surface area contributed by atoms with E-state index < -0.39 is 47.5 Å². The van der Waals surface area contributed by atoms with Gasteiger partial charge >= 0.3 is 0 Å². The van der Waals surface area contributed by atoms with Crippen molar-refractivity contribution in [3.63, 3.8) is 0 Å². The van der Waals surface area contributed by atoms with E-state index in [-0.39, 0.29) is 0 Å². The minimum Gasteiger partial charge on any atom is -0.394 e. The summed E-state index contributed by atoms with van der Waals surface area (Å²) in [7, 11) is 0. The van der Waals surface area contributed by atoms with Crippen LogP contribution in [0.3, 0.4) is 0 Å². The molecule has 7 atom stereocenters. The monoisotopic (exact) mass is 386 g/mol. The highest BCUT2D eigenvalue weighted by Crippen LogP contribution is 2.75. The molecule has 2 fully saturated rings. The summed E-state index contributed by atoms with van der Waals surface area (Å²) in [6.45, 7) is 2.90. The maximum Gasteiger partial charge on any atom is 0.138 e. The molecular weight excluding hydrogens is 360 g/mol. The number of aliphatic hydroxyl groups is 6. The SMILES string of the molecule is Cc1cccc(C2C(O)[C@@]3(O)C(c4cccc(C)c4)[C@@](O)([C@H](O)CO)[C@@]23O)c1. The Bertz CT molecular complexity index is 913. The lowest BCUT2D eigenvalue weighted by atomic mass is 9.30. The number of fused-ring (bicyclic) bond motifs is 1.